The number of aromatic nitrogens is 2. The third-order valence-corrected chi connectivity index (χ3v) is 6.35. The highest BCUT2D eigenvalue weighted by Crippen LogP contribution is 2.64. The molecule has 0 radical (unpaired) electrons. The first-order valence-corrected chi connectivity index (χ1v) is 8.26. The van der Waals surface area contributed by atoms with Crippen molar-refractivity contribution in [1.82, 2.24) is 9.78 Å². The van der Waals surface area contributed by atoms with Gasteiger partial charge in [0.2, 0.25) is 5.91 Å². The largest absolute Gasteiger partial charge is 0.309 e. The summed E-state index contributed by atoms with van der Waals surface area (Å²) < 4.78 is 1.94. The monoisotopic (exact) mass is 337 g/mol. The number of hydrogen-bond acceptors (Lipinski definition) is 2. The van der Waals surface area contributed by atoms with E-state index < -0.39 is 0 Å². The maximum atomic E-state index is 12.8. The molecule has 0 aromatic carbocycles. The Bertz CT molecular complexity index is 553. The maximum absolute atomic E-state index is 12.8. The fourth-order valence-corrected chi connectivity index (χ4v) is 6.60. The number of amides is 1. The van der Waals surface area contributed by atoms with E-state index in [-0.39, 0.29) is 15.6 Å². The molecule has 5 rings (SSSR count). The van der Waals surface area contributed by atoms with Gasteiger partial charge in [0.05, 0.1) is 5.41 Å². The molecule has 4 aliphatic rings. The lowest BCUT2D eigenvalue weighted by atomic mass is 9.49. The molecule has 4 fully saturated rings. The molecule has 0 spiro atoms. The van der Waals surface area contributed by atoms with Gasteiger partial charge >= 0.3 is 0 Å². The van der Waals surface area contributed by atoms with Gasteiger partial charge in [-0.3, -0.25) is 9.48 Å². The van der Waals surface area contributed by atoms with Crippen LogP contribution in [0, 0.1) is 17.3 Å². The van der Waals surface area contributed by atoms with Crippen molar-refractivity contribution in [3.63, 3.8) is 0 Å². The fraction of sp³-hybridized carbons (Fsp3) is 0.733. The van der Waals surface area contributed by atoms with Crippen LogP contribution in [-0.4, -0.2) is 20.0 Å². The highest BCUT2D eigenvalue weighted by molar-refractivity contribution is 9.10. The summed E-state index contributed by atoms with van der Waals surface area (Å²) in [5.41, 5.74) is -0.162. The van der Waals surface area contributed by atoms with Crippen LogP contribution in [0.5, 0.6) is 0 Å². The zero-order valence-corrected chi connectivity index (χ0v) is 13.3. The highest BCUT2D eigenvalue weighted by Gasteiger charge is 2.59. The summed E-state index contributed by atoms with van der Waals surface area (Å²) in [4.78, 5) is 12.8. The lowest BCUT2D eigenvalue weighted by Crippen LogP contribution is -2.57. The summed E-state index contributed by atoms with van der Waals surface area (Å²) in [5.74, 6) is 2.32. The Hall–Kier alpha value is -0.840. The average molecular weight is 338 g/mol. The van der Waals surface area contributed by atoms with E-state index in [9.17, 15) is 4.79 Å². The minimum atomic E-state index is -0.162. The molecule has 2 atom stereocenters. The van der Waals surface area contributed by atoms with Crippen molar-refractivity contribution in [2.45, 2.75) is 42.8 Å². The Balaban J connectivity index is 1.59. The third kappa shape index (κ3) is 1.93. The minimum Gasteiger partial charge on any atom is -0.309 e. The zero-order chi connectivity index (χ0) is 14.0. The Morgan fingerprint density at radius 3 is 2.65 bits per heavy atom. The van der Waals surface area contributed by atoms with Gasteiger partial charge in [0.25, 0.3) is 0 Å². The highest BCUT2D eigenvalue weighted by atomic mass is 79.9. The molecule has 20 heavy (non-hydrogen) atoms. The van der Waals surface area contributed by atoms with Gasteiger partial charge in [0.1, 0.15) is 0 Å². The number of carbonyl (C=O) groups excluding carboxylic acids is 1. The summed E-state index contributed by atoms with van der Waals surface area (Å²) >= 11 is 3.95. The molecular formula is C15H20BrN3O. The summed E-state index contributed by atoms with van der Waals surface area (Å²) in [6.07, 6.45) is 8.81. The first kappa shape index (κ1) is 12.9. The van der Waals surface area contributed by atoms with Gasteiger partial charge in [-0.25, -0.2) is 0 Å². The van der Waals surface area contributed by atoms with Crippen LogP contribution in [-0.2, 0) is 11.8 Å². The van der Waals surface area contributed by atoms with Crippen LogP contribution in [0.4, 0.5) is 5.82 Å². The first-order chi connectivity index (χ1) is 9.46. The Morgan fingerprint density at radius 2 is 2.10 bits per heavy atom. The van der Waals surface area contributed by atoms with Gasteiger partial charge in [-0.2, -0.15) is 5.10 Å². The van der Waals surface area contributed by atoms with Crippen molar-refractivity contribution in [3.05, 3.63) is 12.3 Å². The maximum Gasteiger partial charge on any atom is 0.231 e. The number of rotatable bonds is 2. The van der Waals surface area contributed by atoms with E-state index in [2.05, 4.69) is 26.3 Å². The lowest BCUT2D eigenvalue weighted by molar-refractivity contribution is -0.138. The van der Waals surface area contributed by atoms with Crippen molar-refractivity contribution in [2.75, 3.05) is 5.32 Å². The predicted octanol–water partition coefficient (Wildman–Crippen LogP) is 3.09. The predicted molar refractivity (Wildman–Crippen MR) is 80.6 cm³/mol. The number of hydrogen-bond donors (Lipinski definition) is 1. The fourth-order valence-electron chi connectivity index (χ4n) is 5.15. The second-order valence-corrected chi connectivity index (χ2v) is 8.90. The van der Waals surface area contributed by atoms with E-state index in [1.165, 1.54) is 19.3 Å². The molecule has 4 nitrogen and oxygen atoms in total. The van der Waals surface area contributed by atoms with E-state index in [1.54, 1.807) is 4.68 Å². The van der Waals surface area contributed by atoms with Gasteiger partial charge < -0.3 is 5.32 Å². The molecule has 4 bridgehead atoms. The summed E-state index contributed by atoms with van der Waals surface area (Å²) in [5, 5.41) is 7.31. The van der Waals surface area contributed by atoms with Crippen molar-refractivity contribution in [1.29, 1.82) is 0 Å². The lowest BCUT2D eigenvalue weighted by Gasteiger charge is -2.59. The Morgan fingerprint density at radius 1 is 1.40 bits per heavy atom. The van der Waals surface area contributed by atoms with Crippen LogP contribution in [0.3, 0.4) is 0 Å². The summed E-state index contributed by atoms with van der Waals surface area (Å²) in [6.45, 7) is 0. The van der Waals surface area contributed by atoms with Crippen molar-refractivity contribution in [2.24, 2.45) is 24.3 Å². The number of alkyl halides is 1. The average Bonchev–Trinajstić information content (AvgIpc) is 2.71. The molecule has 4 saturated carbocycles. The van der Waals surface area contributed by atoms with E-state index in [0.29, 0.717) is 5.82 Å². The smallest absolute Gasteiger partial charge is 0.231 e. The molecule has 1 aromatic heterocycles. The van der Waals surface area contributed by atoms with Gasteiger partial charge in [0, 0.05) is 23.6 Å². The Kier molecular flexibility index (Phi) is 2.63. The number of aryl methyl sites for hydroxylation is 1. The quantitative estimate of drug-likeness (QED) is 0.843. The molecule has 0 aliphatic heterocycles. The number of carbonyl (C=O) groups is 1. The molecule has 1 aromatic rings. The van der Waals surface area contributed by atoms with Crippen molar-refractivity contribution < 1.29 is 4.79 Å². The topological polar surface area (TPSA) is 46.9 Å². The summed E-state index contributed by atoms with van der Waals surface area (Å²) in [6, 6.07) is 1.86. The third-order valence-electron chi connectivity index (χ3n) is 5.43. The minimum absolute atomic E-state index is 0.162. The molecule has 4 aliphatic carbocycles. The number of nitrogens with one attached hydrogen (secondary N) is 1. The number of anilines is 1. The molecule has 1 amide bonds. The van der Waals surface area contributed by atoms with E-state index in [0.717, 1.165) is 31.1 Å². The van der Waals surface area contributed by atoms with Gasteiger partial charge in [-0.05, 0) is 50.4 Å². The van der Waals surface area contributed by atoms with Crippen LogP contribution < -0.4 is 5.32 Å². The van der Waals surface area contributed by atoms with Gasteiger partial charge in [0.15, 0.2) is 5.82 Å². The molecule has 1 heterocycles. The van der Waals surface area contributed by atoms with Gasteiger partial charge in [-0.15, -0.1) is 0 Å². The van der Waals surface area contributed by atoms with Gasteiger partial charge in [-0.1, -0.05) is 15.9 Å². The van der Waals surface area contributed by atoms with Crippen LogP contribution >= 0.6 is 15.9 Å². The van der Waals surface area contributed by atoms with E-state index in [4.69, 9.17) is 0 Å². The second-order valence-electron chi connectivity index (χ2n) is 7.22. The molecule has 2 unspecified atom stereocenters. The Labute approximate surface area is 127 Å². The number of halogens is 1. The van der Waals surface area contributed by atoms with E-state index >= 15 is 0 Å². The van der Waals surface area contributed by atoms with Crippen molar-refractivity contribution >= 4 is 27.7 Å². The summed E-state index contributed by atoms with van der Waals surface area (Å²) in [7, 11) is 1.87. The molecule has 5 heteroatoms. The van der Waals surface area contributed by atoms with Crippen LogP contribution in [0.15, 0.2) is 12.3 Å². The van der Waals surface area contributed by atoms with E-state index in [1.807, 2.05) is 19.3 Å². The first-order valence-electron chi connectivity index (χ1n) is 7.46. The zero-order valence-electron chi connectivity index (χ0n) is 11.7. The normalized spacial score (nSPS) is 41.9. The molecule has 0 saturated heterocycles. The van der Waals surface area contributed by atoms with Crippen molar-refractivity contribution in [3.8, 4) is 0 Å². The standard InChI is InChI=1S/C15H20BrN3O/c1-19-3-2-12(18-19)17-13(20)14-5-10-4-11(6-14)8-15(16,7-10)9-14/h2-3,10-11H,4-9H2,1H3,(H,17,18,20). The van der Waals surface area contributed by atoms with Crippen LogP contribution in [0.2, 0.25) is 0 Å². The van der Waals surface area contributed by atoms with Crippen LogP contribution in [0.25, 0.3) is 0 Å². The molecular weight excluding hydrogens is 318 g/mol. The number of nitrogens with zero attached hydrogens (tertiary/aromatic N) is 2. The SMILES string of the molecule is Cn1ccc(NC(=O)C23CC4CC(CC(Br)(C4)C2)C3)n1. The second kappa shape index (κ2) is 4.09. The molecule has 1 N–H and O–H groups in total. The molecule has 108 valence electrons. The van der Waals surface area contributed by atoms with Crippen LogP contribution in [0.1, 0.15) is 38.5 Å².